The molecule has 1 aromatic heterocycles. The van der Waals surface area contributed by atoms with Crippen molar-refractivity contribution in [2.24, 2.45) is 5.92 Å². The smallest absolute Gasteiger partial charge is 0.341 e. The van der Waals surface area contributed by atoms with Crippen molar-refractivity contribution < 1.29 is 23.9 Å². The fourth-order valence-electron chi connectivity index (χ4n) is 4.46. The number of anilines is 1. The summed E-state index contributed by atoms with van der Waals surface area (Å²) in [6.45, 7) is 7.54. The van der Waals surface area contributed by atoms with Gasteiger partial charge in [0.15, 0.2) is 0 Å². The zero-order chi connectivity index (χ0) is 26.9. The van der Waals surface area contributed by atoms with Crippen LogP contribution in [0, 0.1) is 12.8 Å². The zero-order valence-electron chi connectivity index (χ0n) is 21.0. The van der Waals surface area contributed by atoms with Gasteiger partial charge in [0.2, 0.25) is 5.91 Å². The van der Waals surface area contributed by atoms with Crippen molar-refractivity contribution in [1.82, 2.24) is 4.90 Å². The zero-order valence-corrected chi connectivity index (χ0v) is 22.5. The molecule has 0 saturated carbocycles. The van der Waals surface area contributed by atoms with Gasteiger partial charge in [-0.3, -0.25) is 19.3 Å². The first-order valence-corrected chi connectivity index (χ1v) is 13.2. The van der Waals surface area contributed by atoms with E-state index in [1.807, 2.05) is 20.8 Å². The van der Waals surface area contributed by atoms with Gasteiger partial charge in [0.1, 0.15) is 16.6 Å². The molecule has 3 aromatic rings. The third kappa shape index (κ3) is 5.17. The summed E-state index contributed by atoms with van der Waals surface area (Å²) in [5, 5.41) is 3.71. The molecule has 0 aliphatic carbocycles. The number of rotatable bonds is 8. The van der Waals surface area contributed by atoms with Crippen LogP contribution in [-0.2, 0) is 9.53 Å². The van der Waals surface area contributed by atoms with Crippen LogP contribution >= 0.6 is 22.9 Å². The largest absolute Gasteiger partial charge is 0.462 e. The van der Waals surface area contributed by atoms with Gasteiger partial charge in [-0.1, -0.05) is 49.7 Å². The Kier molecular flexibility index (Phi) is 7.80. The molecule has 2 aromatic carbocycles. The summed E-state index contributed by atoms with van der Waals surface area (Å²) in [5.74, 6) is -2.11. The van der Waals surface area contributed by atoms with E-state index in [2.05, 4.69) is 5.32 Å². The van der Waals surface area contributed by atoms with E-state index < -0.39 is 29.7 Å². The molecular formula is C28H27ClN2O5S. The lowest BCUT2D eigenvalue weighted by Crippen LogP contribution is -2.48. The highest BCUT2D eigenvalue weighted by Crippen LogP contribution is 2.41. The Morgan fingerprint density at radius 2 is 1.62 bits per heavy atom. The van der Waals surface area contributed by atoms with Gasteiger partial charge in [-0.05, 0) is 56.0 Å². The number of fused-ring (bicyclic) bond motifs is 1. The molecule has 0 spiro atoms. The van der Waals surface area contributed by atoms with E-state index in [0.717, 1.165) is 15.3 Å². The van der Waals surface area contributed by atoms with Crippen LogP contribution in [0.4, 0.5) is 5.00 Å². The van der Waals surface area contributed by atoms with Crippen LogP contribution in [0.5, 0.6) is 0 Å². The predicted octanol–water partition coefficient (Wildman–Crippen LogP) is 6.20. The third-order valence-corrected chi connectivity index (χ3v) is 7.34. The number of hydrogen-bond donors (Lipinski definition) is 1. The maximum absolute atomic E-state index is 13.7. The Balaban J connectivity index is 1.73. The highest BCUT2D eigenvalue weighted by atomic mass is 35.5. The number of halogens is 1. The average molecular weight is 539 g/mol. The van der Waals surface area contributed by atoms with Gasteiger partial charge in [-0.15, -0.1) is 11.3 Å². The molecule has 192 valence electrons. The molecule has 2 heterocycles. The van der Waals surface area contributed by atoms with Gasteiger partial charge < -0.3 is 10.1 Å². The number of nitrogens with zero attached hydrogens (tertiary/aromatic N) is 1. The molecule has 1 aliphatic heterocycles. The molecule has 1 N–H and O–H groups in total. The summed E-state index contributed by atoms with van der Waals surface area (Å²) in [7, 11) is 0. The quantitative estimate of drug-likeness (QED) is 0.272. The normalized spacial score (nSPS) is 13.6. The van der Waals surface area contributed by atoms with Crippen LogP contribution in [-0.4, -0.2) is 41.2 Å². The Morgan fingerprint density at radius 3 is 2.16 bits per heavy atom. The van der Waals surface area contributed by atoms with E-state index in [0.29, 0.717) is 15.6 Å². The molecule has 1 unspecified atom stereocenters. The minimum absolute atomic E-state index is 0.0132. The van der Waals surface area contributed by atoms with E-state index in [1.54, 1.807) is 55.5 Å². The van der Waals surface area contributed by atoms with E-state index in [-0.39, 0.29) is 35.6 Å². The number of ether oxygens (including phenoxy) is 1. The van der Waals surface area contributed by atoms with Crippen molar-refractivity contribution in [3.63, 3.8) is 0 Å². The lowest BCUT2D eigenvalue weighted by atomic mass is 10.0. The van der Waals surface area contributed by atoms with Gasteiger partial charge in [-0.25, -0.2) is 4.79 Å². The number of esters is 1. The number of imide groups is 1. The summed E-state index contributed by atoms with van der Waals surface area (Å²) in [6.07, 6.45) is 0.264. The van der Waals surface area contributed by atoms with Crippen molar-refractivity contribution in [3.8, 4) is 11.1 Å². The number of hydrogen-bond acceptors (Lipinski definition) is 6. The molecule has 3 amide bonds. The van der Waals surface area contributed by atoms with Gasteiger partial charge in [0.25, 0.3) is 11.8 Å². The molecule has 0 radical (unpaired) electrons. The fraction of sp³-hybridized carbons (Fsp3) is 0.286. The number of carbonyl (C=O) groups excluding carboxylic acids is 4. The van der Waals surface area contributed by atoms with Crippen molar-refractivity contribution in [1.29, 1.82) is 0 Å². The van der Waals surface area contributed by atoms with Crippen LogP contribution in [0.25, 0.3) is 11.1 Å². The number of aryl methyl sites for hydroxylation is 1. The van der Waals surface area contributed by atoms with Gasteiger partial charge in [0.05, 0.1) is 17.7 Å². The second-order valence-corrected chi connectivity index (χ2v) is 10.8. The third-order valence-electron chi connectivity index (χ3n) is 6.07. The summed E-state index contributed by atoms with van der Waals surface area (Å²) < 4.78 is 5.32. The first-order chi connectivity index (χ1) is 17.6. The molecule has 0 fully saturated rings. The second kappa shape index (κ2) is 10.9. The van der Waals surface area contributed by atoms with E-state index >= 15 is 0 Å². The first-order valence-electron chi connectivity index (χ1n) is 12.0. The SMILES string of the molecule is CCOC(=O)c1c(NC(=O)C(CC(C)C)N2C(=O)c3ccccc3C2=O)sc(C)c1-c1ccc(Cl)cc1. The average Bonchev–Trinajstić information content (AvgIpc) is 3.31. The van der Waals surface area contributed by atoms with Crippen LogP contribution < -0.4 is 5.32 Å². The topological polar surface area (TPSA) is 92.8 Å². The van der Waals surface area contributed by atoms with Gasteiger partial charge in [-0.2, -0.15) is 0 Å². The molecule has 0 saturated heterocycles. The van der Waals surface area contributed by atoms with E-state index in [4.69, 9.17) is 16.3 Å². The minimum Gasteiger partial charge on any atom is -0.462 e. The molecular weight excluding hydrogens is 512 g/mol. The number of amides is 3. The maximum atomic E-state index is 13.7. The molecule has 37 heavy (non-hydrogen) atoms. The highest BCUT2D eigenvalue weighted by Gasteiger charge is 2.43. The van der Waals surface area contributed by atoms with Crippen molar-refractivity contribution in [2.45, 2.75) is 40.2 Å². The van der Waals surface area contributed by atoms with E-state index in [1.165, 1.54) is 11.3 Å². The lowest BCUT2D eigenvalue weighted by Gasteiger charge is -2.26. The molecule has 1 aliphatic rings. The summed E-state index contributed by atoms with van der Waals surface area (Å²) in [6, 6.07) is 12.5. The summed E-state index contributed by atoms with van der Waals surface area (Å²) >= 11 is 7.29. The maximum Gasteiger partial charge on any atom is 0.341 e. The number of carbonyl (C=O) groups is 4. The number of benzene rings is 2. The fourth-order valence-corrected chi connectivity index (χ4v) is 5.65. The molecule has 0 bridgehead atoms. The summed E-state index contributed by atoms with van der Waals surface area (Å²) in [5.41, 5.74) is 2.17. The molecule has 9 heteroatoms. The highest BCUT2D eigenvalue weighted by molar-refractivity contribution is 7.17. The molecule has 7 nitrogen and oxygen atoms in total. The standard InChI is InChI=1S/C28H27ClN2O5S/c1-5-36-28(35)23-22(17-10-12-18(29)13-11-17)16(4)37-25(23)30-24(32)21(14-15(2)3)31-26(33)19-8-6-7-9-20(19)27(31)34/h6-13,15,21H,5,14H2,1-4H3,(H,30,32). The van der Waals surface area contributed by atoms with Gasteiger partial charge >= 0.3 is 5.97 Å². The van der Waals surface area contributed by atoms with Crippen molar-refractivity contribution >= 4 is 51.6 Å². The molecule has 4 rings (SSSR count). The van der Waals surface area contributed by atoms with Crippen LogP contribution in [0.2, 0.25) is 5.02 Å². The summed E-state index contributed by atoms with van der Waals surface area (Å²) in [4.78, 5) is 54.9. The minimum atomic E-state index is -1.05. The van der Waals surface area contributed by atoms with Crippen LogP contribution in [0.1, 0.15) is 63.1 Å². The Labute approximate surface area is 224 Å². The second-order valence-electron chi connectivity index (χ2n) is 9.13. The number of thiophene rings is 1. The van der Waals surface area contributed by atoms with Crippen molar-refractivity contribution in [2.75, 3.05) is 11.9 Å². The Bertz CT molecular complexity index is 1340. The monoisotopic (exact) mass is 538 g/mol. The van der Waals surface area contributed by atoms with Crippen LogP contribution in [0.15, 0.2) is 48.5 Å². The Hall–Kier alpha value is -3.49. The first kappa shape index (κ1) is 26.6. The molecule has 1 atom stereocenters. The van der Waals surface area contributed by atoms with Crippen molar-refractivity contribution in [3.05, 3.63) is 75.1 Å². The lowest BCUT2D eigenvalue weighted by molar-refractivity contribution is -0.120. The number of nitrogens with one attached hydrogen (secondary N) is 1. The Morgan fingerprint density at radius 1 is 1.03 bits per heavy atom. The van der Waals surface area contributed by atoms with Gasteiger partial charge in [0, 0.05) is 15.5 Å². The van der Waals surface area contributed by atoms with Crippen LogP contribution in [0.3, 0.4) is 0 Å². The predicted molar refractivity (Wildman–Crippen MR) is 144 cm³/mol. The van der Waals surface area contributed by atoms with E-state index in [9.17, 15) is 19.2 Å².